The molecule has 2 fully saturated rings. The largest absolute Gasteiger partial charge is 0.347 e. The molecule has 0 spiro atoms. The van der Waals surface area contributed by atoms with Gasteiger partial charge in [0.15, 0.2) is 5.79 Å². The zero-order valence-corrected chi connectivity index (χ0v) is 11.2. The number of rotatable bonds is 4. The highest BCUT2D eigenvalue weighted by Crippen LogP contribution is 2.34. The standard InChI is InChI=1S/C14H23NO3/c1-3-4-7-13(16)15-8-5-6-12(11-15)14(2)17-9-10-18-14/h3,12H,1,4-11H2,2H3/t12-/m1/s1. The Morgan fingerprint density at radius 3 is 2.89 bits per heavy atom. The Balaban J connectivity index is 1.91. The van der Waals surface area contributed by atoms with Gasteiger partial charge in [-0.1, -0.05) is 6.08 Å². The number of hydrogen-bond donors (Lipinski definition) is 0. The van der Waals surface area contributed by atoms with Crippen LogP contribution >= 0.6 is 0 Å². The van der Waals surface area contributed by atoms with Crippen LogP contribution in [0.3, 0.4) is 0 Å². The van der Waals surface area contributed by atoms with Gasteiger partial charge < -0.3 is 14.4 Å². The molecular formula is C14H23NO3. The summed E-state index contributed by atoms with van der Waals surface area (Å²) in [6.45, 7) is 8.61. The second-order valence-corrected chi connectivity index (χ2v) is 5.22. The minimum atomic E-state index is -0.489. The fourth-order valence-electron chi connectivity index (χ4n) is 2.78. The van der Waals surface area contributed by atoms with Crippen LogP contribution in [0.4, 0.5) is 0 Å². The molecule has 2 aliphatic rings. The number of carbonyl (C=O) groups is 1. The van der Waals surface area contributed by atoms with Crippen molar-refractivity contribution in [1.29, 1.82) is 0 Å². The SMILES string of the molecule is C=CCCC(=O)N1CCC[C@@H](C2(C)OCCO2)C1. The Hall–Kier alpha value is -0.870. The van der Waals surface area contributed by atoms with Crippen molar-refractivity contribution in [3.8, 4) is 0 Å². The fourth-order valence-corrected chi connectivity index (χ4v) is 2.78. The van der Waals surface area contributed by atoms with Crippen LogP contribution in [0.5, 0.6) is 0 Å². The third kappa shape index (κ3) is 2.93. The molecule has 0 radical (unpaired) electrons. The van der Waals surface area contributed by atoms with E-state index in [9.17, 15) is 4.79 Å². The van der Waals surface area contributed by atoms with Crippen molar-refractivity contribution in [1.82, 2.24) is 4.90 Å². The highest BCUT2D eigenvalue weighted by atomic mass is 16.7. The van der Waals surface area contributed by atoms with E-state index in [1.54, 1.807) is 6.08 Å². The minimum absolute atomic E-state index is 0.223. The Labute approximate surface area is 109 Å². The normalized spacial score (nSPS) is 27.2. The maximum Gasteiger partial charge on any atom is 0.222 e. The molecule has 1 atom stereocenters. The van der Waals surface area contributed by atoms with E-state index < -0.39 is 5.79 Å². The predicted molar refractivity (Wildman–Crippen MR) is 69.0 cm³/mol. The quantitative estimate of drug-likeness (QED) is 0.719. The fraction of sp³-hybridized carbons (Fsp3) is 0.786. The maximum absolute atomic E-state index is 12.0. The summed E-state index contributed by atoms with van der Waals surface area (Å²) in [4.78, 5) is 14.0. The van der Waals surface area contributed by atoms with Crippen molar-refractivity contribution >= 4 is 5.91 Å². The van der Waals surface area contributed by atoms with Crippen LogP contribution in [0.1, 0.15) is 32.6 Å². The predicted octanol–water partition coefficient (Wildman–Crippen LogP) is 1.95. The molecule has 0 saturated carbocycles. The number of carbonyl (C=O) groups excluding carboxylic acids is 1. The molecule has 0 unspecified atom stereocenters. The van der Waals surface area contributed by atoms with Gasteiger partial charge in [0.1, 0.15) is 0 Å². The van der Waals surface area contributed by atoms with Crippen LogP contribution in [-0.4, -0.2) is 42.9 Å². The molecule has 0 aliphatic carbocycles. The number of nitrogens with zero attached hydrogens (tertiary/aromatic N) is 1. The lowest BCUT2D eigenvalue weighted by Crippen LogP contribution is -2.48. The van der Waals surface area contributed by atoms with Crippen molar-refractivity contribution in [3.05, 3.63) is 12.7 Å². The molecule has 2 rings (SSSR count). The van der Waals surface area contributed by atoms with Crippen molar-refractivity contribution in [2.75, 3.05) is 26.3 Å². The summed E-state index contributed by atoms with van der Waals surface area (Å²) < 4.78 is 11.4. The second-order valence-electron chi connectivity index (χ2n) is 5.22. The van der Waals surface area contributed by atoms with E-state index in [-0.39, 0.29) is 5.91 Å². The Bertz CT molecular complexity index is 310. The first kappa shape index (κ1) is 13.6. The molecule has 2 saturated heterocycles. The average Bonchev–Trinajstić information content (AvgIpc) is 2.84. The number of piperidine rings is 1. The van der Waals surface area contributed by atoms with Crippen LogP contribution in [0, 0.1) is 5.92 Å². The van der Waals surface area contributed by atoms with Crippen molar-refractivity contribution < 1.29 is 14.3 Å². The molecule has 102 valence electrons. The average molecular weight is 253 g/mol. The van der Waals surface area contributed by atoms with E-state index in [0.717, 1.165) is 32.4 Å². The highest BCUT2D eigenvalue weighted by Gasteiger charge is 2.42. The smallest absolute Gasteiger partial charge is 0.222 e. The zero-order valence-electron chi connectivity index (χ0n) is 11.2. The van der Waals surface area contributed by atoms with E-state index >= 15 is 0 Å². The summed E-state index contributed by atoms with van der Waals surface area (Å²) in [7, 11) is 0. The lowest BCUT2D eigenvalue weighted by molar-refractivity contribution is -0.193. The van der Waals surface area contributed by atoms with Gasteiger partial charge in [-0.2, -0.15) is 0 Å². The van der Waals surface area contributed by atoms with Gasteiger partial charge in [-0.15, -0.1) is 6.58 Å². The number of hydrogen-bond acceptors (Lipinski definition) is 3. The summed E-state index contributed by atoms with van der Waals surface area (Å²) in [5.74, 6) is 0.0276. The monoisotopic (exact) mass is 253 g/mol. The lowest BCUT2D eigenvalue weighted by atomic mass is 9.90. The summed E-state index contributed by atoms with van der Waals surface area (Å²) in [6, 6.07) is 0. The van der Waals surface area contributed by atoms with Crippen molar-refractivity contribution in [2.24, 2.45) is 5.92 Å². The third-order valence-electron chi connectivity index (χ3n) is 3.94. The molecule has 4 nitrogen and oxygen atoms in total. The number of amides is 1. The van der Waals surface area contributed by atoms with Gasteiger partial charge in [0.2, 0.25) is 5.91 Å². The number of ether oxygens (including phenoxy) is 2. The maximum atomic E-state index is 12.0. The van der Waals surface area contributed by atoms with Gasteiger partial charge in [-0.25, -0.2) is 0 Å². The van der Waals surface area contributed by atoms with Gasteiger partial charge in [-0.05, 0) is 26.2 Å². The Morgan fingerprint density at radius 1 is 1.50 bits per heavy atom. The summed E-state index contributed by atoms with van der Waals surface area (Å²) >= 11 is 0. The van der Waals surface area contributed by atoms with E-state index in [2.05, 4.69) is 6.58 Å². The lowest BCUT2D eigenvalue weighted by Gasteiger charge is -2.40. The molecule has 18 heavy (non-hydrogen) atoms. The van der Waals surface area contributed by atoms with Crippen LogP contribution in [0.25, 0.3) is 0 Å². The zero-order chi connectivity index (χ0) is 13.0. The first-order valence-electron chi connectivity index (χ1n) is 6.82. The molecule has 0 aromatic heterocycles. The molecule has 0 bridgehead atoms. The summed E-state index contributed by atoms with van der Waals surface area (Å²) in [5, 5.41) is 0. The van der Waals surface area contributed by atoms with Gasteiger partial charge in [0, 0.05) is 25.4 Å². The summed E-state index contributed by atoms with van der Waals surface area (Å²) in [6.07, 6.45) is 5.22. The van der Waals surface area contributed by atoms with Gasteiger partial charge in [0.05, 0.1) is 13.2 Å². The number of likely N-dealkylation sites (tertiary alicyclic amines) is 1. The summed E-state index contributed by atoms with van der Waals surface area (Å²) in [5.41, 5.74) is 0. The highest BCUT2D eigenvalue weighted by molar-refractivity contribution is 5.76. The molecule has 4 heteroatoms. The molecule has 0 aromatic carbocycles. The molecule has 1 amide bonds. The van der Waals surface area contributed by atoms with Crippen LogP contribution < -0.4 is 0 Å². The van der Waals surface area contributed by atoms with Crippen molar-refractivity contribution in [2.45, 2.75) is 38.4 Å². The Kier molecular flexibility index (Phi) is 4.40. The van der Waals surface area contributed by atoms with E-state index in [0.29, 0.717) is 25.6 Å². The second kappa shape index (κ2) is 5.85. The topological polar surface area (TPSA) is 38.8 Å². The molecule has 0 N–H and O–H groups in total. The van der Waals surface area contributed by atoms with Crippen LogP contribution in [0.2, 0.25) is 0 Å². The van der Waals surface area contributed by atoms with Crippen molar-refractivity contribution in [3.63, 3.8) is 0 Å². The van der Waals surface area contributed by atoms with Crippen LogP contribution in [-0.2, 0) is 14.3 Å². The first-order chi connectivity index (χ1) is 8.65. The molecular weight excluding hydrogens is 230 g/mol. The van der Waals surface area contributed by atoms with Gasteiger partial charge in [0.25, 0.3) is 0 Å². The molecule has 0 aromatic rings. The molecule has 2 heterocycles. The van der Waals surface area contributed by atoms with Gasteiger partial charge in [-0.3, -0.25) is 4.79 Å². The minimum Gasteiger partial charge on any atom is -0.347 e. The van der Waals surface area contributed by atoms with Crippen LogP contribution in [0.15, 0.2) is 12.7 Å². The first-order valence-corrected chi connectivity index (χ1v) is 6.82. The number of allylic oxidation sites excluding steroid dienone is 1. The Morgan fingerprint density at radius 2 is 2.22 bits per heavy atom. The molecule has 2 aliphatic heterocycles. The van der Waals surface area contributed by atoms with E-state index in [1.165, 1.54) is 0 Å². The van der Waals surface area contributed by atoms with Gasteiger partial charge >= 0.3 is 0 Å². The van der Waals surface area contributed by atoms with E-state index in [1.807, 2.05) is 11.8 Å². The third-order valence-corrected chi connectivity index (χ3v) is 3.94. The van der Waals surface area contributed by atoms with E-state index in [4.69, 9.17) is 9.47 Å².